The van der Waals surface area contributed by atoms with Crippen molar-refractivity contribution in [3.8, 4) is 11.3 Å². The molecular formula is C22H24FN3O4S. The van der Waals surface area contributed by atoms with Crippen LogP contribution in [-0.2, 0) is 10.0 Å². The summed E-state index contributed by atoms with van der Waals surface area (Å²) in [6, 6.07) is 9.18. The van der Waals surface area contributed by atoms with Gasteiger partial charge in [0.15, 0.2) is 0 Å². The molecule has 2 aromatic carbocycles. The number of carbonyl (C=O) groups excluding carboxylic acids is 1. The van der Waals surface area contributed by atoms with Gasteiger partial charge in [-0.05, 0) is 54.7 Å². The lowest BCUT2D eigenvalue weighted by Crippen LogP contribution is -2.35. The van der Waals surface area contributed by atoms with Crippen LogP contribution in [0.25, 0.3) is 22.3 Å². The van der Waals surface area contributed by atoms with Crippen LogP contribution in [0.2, 0.25) is 0 Å². The Morgan fingerprint density at radius 2 is 1.94 bits per heavy atom. The number of hydrogen-bond acceptors (Lipinski definition) is 5. The van der Waals surface area contributed by atoms with E-state index in [0.29, 0.717) is 33.5 Å². The molecule has 1 heterocycles. The number of halogens is 1. The van der Waals surface area contributed by atoms with Gasteiger partial charge in [0.25, 0.3) is 5.91 Å². The number of hydrogen-bond donors (Lipinski definition) is 2. The van der Waals surface area contributed by atoms with Crippen molar-refractivity contribution in [2.75, 3.05) is 30.7 Å². The molecule has 1 amide bonds. The summed E-state index contributed by atoms with van der Waals surface area (Å²) in [6.07, 6.45) is 3.03. The maximum absolute atomic E-state index is 13.4. The zero-order chi connectivity index (χ0) is 22.3. The quantitative estimate of drug-likeness (QED) is 0.581. The highest BCUT2D eigenvalue weighted by Gasteiger charge is 2.32. The minimum absolute atomic E-state index is 0.137. The number of anilines is 1. The van der Waals surface area contributed by atoms with Crippen LogP contribution in [0, 0.1) is 5.82 Å². The van der Waals surface area contributed by atoms with E-state index < -0.39 is 15.8 Å². The largest absolute Gasteiger partial charge is 0.455 e. The van der Waals surface area contributed by atoms with E-state index >= 15 is 0 Å². The van der Waals surface area contributed by atoms with E-state index in [4.69, 9.17) is 10.2 Å². The van der Waals surface area contributed by atoms with Crippen LogP contribution < -0.4 is 15.4 Å². The molecule has 0 spiro atoms. The Bertz CT molecular complexity index is 1250. The molecular weight excluding hydrogens is 421 g/mol. The molecule has 0 atom stereocenters. The zero-order valence-corrected chi connectivity index (χ0v) is 18.1. The van der Waals surface area contributed by atoms with Gasteiger partial charge in [0.2, 0.25) is 10.0 Å². The lowest BCUT2D eigenvalue weighted by atomic mass is 10.0. The van der Waals surface area contributed by atoms with Gasteiger partial charge in [-0.25, -0.2) is 12.8 Å². The monoisotopic (exact) mass is 445 g/mol. The van der Waals surface area contributed by atoms with Crippen LogP contribution in [0.15, 0.2) is 40.8 Å². The lowest BCUT2D eigenvalue weighted by Gasteiger charge is -2.24. The highest BCUT2D eigenvalue weighted by Crippen LogP contribution is 2.47. The molecule has 1 aromatic heterocycles. The number of nitrogens with zero attached hydrogens (tertiary/aromatic N) is 1. The Morgan fingerprint density at radius 1 is 1.26 bits per heavy atom. The molecule has 1 fully saturated rings. The Balaban J connectivity index is 2.00. The van der Waals surface area contributed by atoms with Crippen molar-refractivity contribution < 1.29 is 22.0 Å². The van der Waals surface area contributed by atoms with Crippen molar-refractivity contribution in [1.29, 1.82) is 0 Å². The second-order valence-electron chi connectivity index (χ2n) is 7.70. The molecule has 1 aliphatic rings. The van der Waals surface area contributed by atoms with E-state index in [9.17, 15) is 17.6 Å². The predicted molar refractivity (Wildman–Crippen MR) is 118 cm³/mol. The van der Waals surface area contributed by atoms with Crippen LogP contribution in [-0.4, -0.2) is 40.7 Å². The number of benzene rings is 2. The normalized spacial score (nSPS) is 14.1. The van der Waals surface area contributed by atoms with Crippen LogP contribution in [0.5, 0.6) is 0 Å². The van der Waals surface area contributed by atoms with Crippen LogP contribution in [0.1, 0.15) is 34.7 Å². The molecule has 0 unspecified atom stereocenters. The molecule has 0 bridgehead atoms. The minimum Gasteiger partial charge on any atom is -0.455 e. The maximum atomic E-state index is 13.4. The molecule has 0 aliphatic heterocycles. The highest BCUT2D eigenvalue weighted by molar-refractivity contribution is 7.92. The molecule has 1 saturated carbocycles. The molecule has 9 heteroatoms. The first-order valence-corrected chi connectivity index (χ1v) is 11.9. The Hall–Kier alpha value is -2.91. The molecule has 3 N–H and O–H groups in total. The molecule has 0 radical (unpaired) electrons. The number of nitrogens with two attached hydrogens (primary N) is 1. The SMILES string of the molecule is CNC(=O)c1c(-c2ccc(F)cc2)oc2cc(N(CCN)S(C)(=O)=O)c(C3CC3)cc12. The van der Waals surface area contributed by atoms with Crippen molar-refractivity contribution in [1.82, 2.24) is 5.32 Å². The Kier molecular flexibility index (Phi) is 5.49. The number of furan rings is 1. The number of sulfonamides is 1. The smallest absolute Gasteiger partial charge is 0.255 e. The van der Waals surface area contributed by atoms with Crippen molar-refractivity contribution in [3.63, 3.8) is 0 Å². The second-order valence-corrected chi connectivity index (χ2v) is 9.60. The molecule has 0 saturated heterocycles. The zero-order valence-electron chi connectivity index (χ0n) is 17.3. The minimum atomic E-state index is -3.57. The summed E-state index contributed by atoms with van der Waals surface area (Å²) in [6.45, 7) is 0.301. The molecule has 1 aliphatic carbocycles. The van der Waals surface area contributed by atoms with E-state index in [1.807, 2.05) is 6.07 Å². The van der Waals surface area contributed by atoms with Crippen LogP contribution in [0.4, 0.5) is 10.1 Å². The first-order valence-electron chi connectivity index (χ1n) is 10.0. The summed E-state index contributed by atoms with van der Waals surface area (Å²) >= 11 is 0. The fraction of sp³-hybridized carbons (Fsp3) is 0.318. The van der Waals surface area contributed by atoms with Gasteiger partial charge in [0, 0.05) is 37.2 Å². The average molecular weight is 446 g/mol. The predicted octanol–water partition coefficient (Wildman–Crippen LogP) is 3.20. The van der Waals surface area contributed by atoms with Gasteiger partial charge >= 0.3 is 0 Å². The summed E-state index contributed by atoms with van der Waals surface area (Å²) in [5.74, 6) is -0.221. The number of nitrogens with one attached hydrogen (secondary N) is 1. The third kappa shape index (κ3) is 4.03. The first kappa shape index (κ1) is 21.3. The molecule has 4 rings (SSSR count). The van der Waals surface area contributed by atoms with E-state index in [1.54, 1.807) is 18.2 Å². The van der Waals surface area contributed by atoms with Gasteiger partial charge in [-0.2, -0.15) is 0 Å². The number of fused-ring (bicyclic) bond motifs is 1. The molecule has 31 heavy (non-hydrogen) atoms. The fourth-order valence-corrected chi connectivity index (χ4v) is 4.78. The molecule has 3 aromatic rings. The van der Waals surface area contributed by atoms with E-state index in [2.05, 4.69) is 5.32 Å². The van der Waals surface area contributed by atoms with E-state index in [0.717, 1.165) is 24.7 Å². The first-order chi connectivity index (χ1) is 14.7. The Labute approximate surface area is 180 Å². The number of amides is 1. The summed E-state index contributed by atoms with van der Waals surface area (Å²) in [7, 11) is -2.04. The third-order valence-electron chi connectivity index (χ3n) is 5.42. The van der Waals surface area contributed by atoms with Crippen molar-refractivity contribution in [2.24, 2.45) is 5.73 Å². The summed E-state index contributed by atoms with van der Waals surface area (Å²) < 4.78 is 45.7. The third-order valence-corrected chi connectivity index (χ3v) is 6.60. The van der Waals surface area contributed by atoms with Gasteiger partial charge in [-0.3, -0.25) is 9.10 Å². The summed E-state index contributed by atoms with van der Waals surface area (Å²) in [5.41, 5.74) is 8.31. The van der Waals surface area contributed by atoms with Crippen LogP contribution >= 0.6 is 0 Å². The van der Waals surface area contributed by atoms with Crippen molar-refractivity contribution in [2.45, 2.75) is 18.8 Å². The van der Waals surface area contributed by atoms with Gasteiger partial charge in [-0.1, -0.05) is 0 Å². The van der Waals surface area contributed by atoms with Gasteiger partial charge < -0.3 is 15.5 Å². The summed E-state index contributed by atoms with van der Waals surface area (Å²) in [4.78, 5) is 12.8. The van der Waals surface area contributed by atoms with Crippen molar-refractivity contribution in [3.05, 3.63) is 53.3 Å². The standard InChI is InChI=1S/C22H24FN3O4S/c1-25-22(27)20-17-11-16(13-3-4-13)18(26(10-9-24)31(2,28)29)12-19(17)30-21(20)14-5-7-15(23)8-6-14/h5-8,11-13H,3-4,9-10,24H2,1-2H3,(H,25,27). The molecule has 164 valence electrons. The van der Waals surface area contributed by atoms with E-state index in [1.165, 1.54) is 23.5 Å². The number of rotatable bonds is 7. The lowest BCUT2D eigenvalue weighted by molar-refractivity contribution is 0.0964. The van der Waals surface area contributed by atoms with Gasteiger partial charge in [-0.15, -0.1) is 0 Å². The molecule has 7 nitrogen and oxygen atoms in total. The maximum Gasteiger partial charge on any atom is 0.255 e. The van der Waals surface area contributed by atoms with Crippen molar-refractivity contribution >= 4 is 32.6 Å². The average Bonchev–Trinajstić information content (AvgIpc) is 3.51. The van der Waals surface area contributed by atoms with E-state index in [-0.39, 0.29) is 24.9 Å². The van der Waals surface area contributed by atoms with Crippen LogP contribution in [0.3, 0.4) is 0 Å². The number of carbonyl (C=O) groups is 1. The topological polar surface area (TPSA) is 106 Å². The highest BCUT2D eigenvalue weighted by atomic mass is 32.2. The van der Waals surface area contributed by atoms with Gasteiger partial charge in [0.1, 0.15) is 17.2 Å². The fourth-order valence-electron chi connectivity index (χ4n) is 3.82. The Morgan fingerprint density at radius 3 is 2.48 bits per heavy atom. The van der Waals surface area contributed by atoms with Gasteiger partial charge in [0.05, 0.1) is 17.5 Å². The second kappa shape index (κ2) is 7.97. The summed E-state index contributed by atoms with van der Waals surface area (Å²) in [5, 5.41) is 3.22.